The Bertz CT molecular complexity index is 908. The first-order valence-corrected chi connectivity index (χ1v) is 11.0. The van der Waals surface area contributed by atoms with Crippen LogP contribution < -0.4 is 10.1 Å². The summed E-state index contributed by atoms with van der Waals surface area (Å²) >= 11 is 0. The molecule has 0 spiro atoms. The van der Waals surface area contributed by atoms with Crippen LogP contribution in [0.3, 0.4) is 0 Å². The minimum Gasteiger partial charge on any atom is -0.494 e. The van der Waals surface area contributed by atoms with E-state index in [1.54, 1.807) is 40.7 Å². The van der Waals surface area contributed by atoms with Gasteiger partial charge in [-0.2, -0.15) is 4.31 Å². The van der Waals surface area contributed by atoms with Crippen molar-refractivity contribution >= 4 is 21.6 Å². The van der Waals surface area contributed by atoms with Gasteiger partial charge in [0.1, 0.15) is 5.75 Å². The van der Waals surface area contributed by atoms with E-state index in [9.17, 15) is 13.2 Å². The molecule has 3 rings (SSSR count). The number of carbonyl (C=O) groups excluding carboxylic acids is 1. The highest BCUT2D eigenvalue weighted by atomic mass is 32.2. The van der Waals surface area contributed by atoms with Crippen molar-refractivity contribution in [3.63, 3.8) is 0 Å². The predicted molar refractivity (Wildman–Crippen MR) is 109 cm³/mol. The van der Waals surface area contributed by atoms with Crippen LogP contribution >= 0.6 is 0 Å². The number of ether oxygens (including phenoxy) is 1. The fourth-order valence-electron chi connectivity index (χ4n) is 3.35. The summed E-state index contributed by atoms with van der Waals surface area (Å²) in [4.78, 5) is 12.7. The molecule has 1 fully saturated rings. The minimum absolute atomic E-state index is 0.00128. The summed E-state index contributed by atoms with van der Waals surface area (Å²) in [6.45, 7) is 4.97. The topological polar surface area (TPSA) is 75.7 Å². The van der Waals surface area contributed by atoms with E-state index in [1.165, 1.54) is 12.1 Å². The van der Waals surface area contributed by atoms with Crippen LogP contribution in [0, 0.1) is 0 Å². The van der Waals surface area contributed by atoms with Crippen molar-refractivity contribution < 1.29 is 17.9 Å². The largest absolute Gasteiger partial charge is 0.494 e. The average molecular weight is 403 g/mol. The van der Waals surface area contributed by atoms with Crippen molar-refractivity contribution in [2.45, 2.75) is 44.0 Å². The zero-order chi connectivity index (χ0) is 20.1. The van der Waals surface area contributed by atoms with E-state index < -0.39 is 10.0 Å². The molecule has 28 heavy (non-hydrogen) atoms. The molecule has 2 aromatic carbocycles. The summed E-state index contributed by atoms with van der Waals surface area (Å²) in [7, 11) is -3.54. The lowest BCUT2D eigenvalue weighted by Gasteiger charge is -2.32. The summed E-state index contributed by atoms with van der Waals surface area (Å²) in [5.74, 6) is 0.446. The van der Waals surface area contributed by atoms with Crippen molar-refractivity contribution in [2.75, 3.05) is 18.5 Å². The molecule has 1 saturated heterocycles. The minimum atomic E-state index is -3.54. The number of piperidine rings is 1. The van der Waals surface area contributed by atoms with Crippen molar-refractivity contribution in [3.8, 4) is 5.75 Å². The zero-order valence-electron chi connectivity index (χ0n) is 16.2. The van der Waals surface area contributed by atoms with Crippen molar-refractivity contribution in [1.29, 1.82) is 0 Å². The Kier molecular flexibility index (Phi) is 6.36. The van der Waals surface area contributed by atoms with Crippen molar-refractivity contribution in [1.82, 2.24) is 4.31 Å². The van der Waals surface area contributed by atoms with Gasteiger partial charge in [0.2, 0.25) is 10.0 Å². The van der Waals surface area contributed by atoms with Gasteiger partial charge in [-0.15, -0.1) is 0 Å². The maximum Gasteiger partial charge on any atom is 0.255 e. The number of nitrogens with zero attached hydrogens (tertiary/aromatic N) is 1. The molecular weight excluding hydrogens is 376 g/mol. The Balaban J connectivity index is 1.70. The summed E-state index contributed by atoms with van der Waals surface area (Å²) in [5.41, 5.74) is 1.05. The van der Waals surface area contributed by atoms with Crippen molar-refractivity contribution in [3.05, 3.63) is 54.1 Å². The molecule has 0 radical (unpaired) electrons. The molecule has 1 amide bonds. The van der Waals surface area contributed by atoms with E-state index in [0.717, 1.165) is 25.0 Å². The number of amides is 1. The summed E-state index contributed by atoms with van der Waals surface area (Å²) in [6, 6.07) is 13.2. The van der Waals surface area contributed by atoms with E-state index in [1.807, 2.05) is 13.8 Å². The second kappa shape index (κ2) is 8.75. The van der Waals surface area contributed by atoms with E-state index >= 15 is 0 Å². The highest BCUT2D eigenvalue weighted by molar-refractivity contribution is 7.89. The zero-order valence-corrected chi connectivity index (χ0v) is 17.0. The molecule has 1 aliphatic rings. The monoisotopic (exact) mass is 402 g/mol. The van der Waals surface area contributed by atoms with Gasteiger partial charge in [-0.1, -0.05) is 6.42 Å². The first-order valence-electron chi connectivity index (χ1n) is 9.58. The number of rotatable bonds is 6. The van der Waals surface area contributed by atoms with E-state index in [0.29, 0.717) is 24.4 Å². The van der Waals surface area contributed by atoms with Crippen LogP contribution in [0.15, 0.2) is 53.4 Å². The average Bonchev–Trinajstić information content (AvgIpc) is 2.70. The Hall–Kier alpha value is -2.38. The molecule has 0 saturated carbocycles. The highest BCUT2D eigenvalue weighted by Gasteiger charge is 2.30. The number of hydrogen-bond acceptors (Lipinski definition) is 4. The number of carbonyl (C=O) groups is 1. The summed E-state index contributed by atoms with van der Waals surface area (Å²) in [5, 5.41) is 2.80. The lowest BCUT2D eigenvalue weighted by molar-refractivity contribution is 0.102. The molecule has 1 N–H and O–H groups in total. The molecule has 150 valence electrons. The van der Waals surface area contributed by atoms with Gasteiger partial charge >= 0.3 is 0 Å². The Labute approximate surface area is 166 Å². The van der Waals surface area contributed by atoms with Gasteiger partial charge in [-0.25, -0.2) is 8.42 Å². The van der Waals surface area contributed by atoms with Crippen LogP contribution in [0.25, 0.3) is 0 Å². The molecule has 7 heteroatoms. The van der Waals surface area contributed by atoms with Crippen LogP contribution in [0.4, 0.5) is 5.69 Å². The Morgan fingerprint density at radius 3 is 2.39 bits per heavy atom. The molecule has 6 nitrogen and oxygen atoms in total. The third-order valence-electron chi connectivity index (χ3n) is 4.89. The van der Waals surface area contributed by atoms with Crippen LogP contribution in [-0.4, -0.2) is 37.8 Å². The number of hydrogen-bond donors (Lipinski definition) is 1. The molecule has 1 unspecified atom stereocenters. The number of sulfonamides is 1. The SMILES string of the molecule is CCOc1ccc(NC(=O)c2ccc(S(=O)(=O)N3CCCCC3C)cc2)cc1. The quantitative estimate of drug-likeness (QED) is 0.795. The lowest BCUT2D eigenvalue weighted by atomic mass is 10.1. The van der Waals surface area contributed by atoms with Gasteiger partial charge < -0.3 is 10.1 Å². The summed E-state index contributed by atoms with van der Waals surface area (Å²) in [6.07, 6.45) is 2.81. The van der Waals surface area contributed by atoms with Gasteiger partial charge in [0, 0.05) is 23.8 Å². The van der Waals surface area contributed by atoms with E-state index in [2.05, 4.69) is 5.32 Å². The Morgan fingerprint density at radius 1 is 1.11 bits per heavy atom. The maximum absolute atomic E-state index is 12.9. The van der Waals surface area contributed by atoms with Crippen LogP contribution in [0.1, 0.15) is 43.5 Å². The molecule has 1 heterocycles. The normalized spacial score (nSPS) is 17.9. The highest BCUT2D eigenvalue weighted by Crippen LogP contribution is 2.25. The Morgan fingerprint density at radius 2 is 1.79 bits per heavy atom. The van der Waals surface area contributed by atoms with Gasteiger partial charge in [0.25, 0.3) is 5.91 Å². The first-order chi connectivity index (χ1) is 13.4. The number of nitrogens with one attached hydrogen (secondary N) is 1. The van der Waals surface area contributed by atoms with Gasteiger partial charge in [-0.3, -0.25) is 4.79 Å². The van der Waals surface area contributed by atoms with E-state index in [4.69, 9.17) is 4.74 Å². The number of anilines is 1. The van der Waals surface area contributed by atoms with Gasteiger partial charge in [0.05, 0.1) is 11.5 Å². The molecule has 2 aromatic rings. The molecule has 0 aliphatic carbocycles. The smallest absolute Gasteiger partial charge is 0.255 e. The predicted octanol–water partition coefficient (Wildman–Crippen LogP) is 3.90. The van der Waals surface area contributed by atoms with Crippen molar-refractivity contribution in [2.24, 2.45) is 0 Å². The molecule has 0 aromatic heterocycles. The fourth-order valence-corrected chi connectivity index (χ4v) is 5.05. The fraction of sp³-hybridized carbons (Fsp3) is 0.381. The number of benzene rings is 2. The lowest BCUT2D eigenvalue weighted by Crippen LogP contribution is -2.41. The second-order valence-corrected chi connectivity index (χ2v) is 8.79. The van der Waals surface area contributed by atoms with E-state index in [-0.39, 0.29) is 16.8 Å². The molecule has 0 bridgehead atoms. The molecule has 1 aliphatic heterocycles. The van der Waals surface area contributed by atoms with Crippen LogP contribution in [0.5, 0.6) is 5.75 Å². The maximum atomic E-state index is 12.9. The van der Waals surface area contributed by atoms with Gasteiger partial charge in [0.15, 0.2) is 0 Å². The van der Waals surface area contributed by atoms with Gasteiger partial charge in [-0.05, 0) is 75.2 Å². The molecular formula is C21H26N2O4S. The standard InChI is InChI=1S/C21H26N2O4S/c1-3-27-19-11-9-18(10-12-19)22-21(24)17-7-13-20(14-8-17)28(25,26)23-15-5-4-6-16(23)2/h7-14,16H,3-6,15H2,1-2H3,(H,22,24). The third kappa shape index (κ3) is 4.54. The second-order valence-electron chi connectivity index (χ2n) is 6.90. The molecule has 1 atom stereocenters. The van der Waals surface area contributed by atoms with Crippen LogP contribution in [-0.2, 0) is 10.0 Å². The van der Waals surface area contributed by atoms with Crippen LogP contribution in [0.2, 0.25) is 0 Å². The summed E-state index contributed by atoms with van der Waals surface area (Å²) < 4.78 is 32.7. The third-order valence-corrected chi connectivity index (χ3v) is 6.92. The first kappa shape index (κ1) is 20.4.